The molecule has 5 heteroatoms. The Labute approximate surface area is 312 Å². The Morgan fingerprint density at radius 2 is 0.981 bits per heavy atom. The molecule has 3 aromatic heterocycles. The van der Waals surface area contributed by atoms with Crippen LogP contribution in [-0.2, 0) is 0 Å². The zero-order chi connectivity index (χ0) is 34.6. The van der Waals surface area contributed by atoms with Gasteiger partial charge in [0.15, 0.2) is 11.5 Å². The average molecular weight is 713 g/mol. The van der Waals surface area contributed by atoms with Crippen molar-refractivity contribution in [1.29, 1.82) is 0 Å². The lowest BCUT2D eigenvalue weighted by atomic mass is 10.0. The molecule has 11 aromatic rings. The molecule has 8 aromatic carbocycles. The van der Waals surface area contributed by atoms with Gasteiger partial charge in [0, 0.05) is 73.7 Å². The molecule has 1 aliphatic heterocycles. The Hall–Kier alpha value is -6.40. The van der Waals surface area contributed by atoms with E-state index < -0.39 is 0 Å². The first kappa shape index (κ1) is 29.2. The van der Waals surface area contributed by atoms with E-state index in [0.717, 1.165) is 50.9 Å². The van der Waals surface area contributed by atoms with Gasteiger partial charge in [-0.05, 0) is 78.4 Å². The molecule has 0 fully saturated rings. The van der Waals surface area contributed by atoms with E-state index in [4.69, 9.17) is 4.74 Å². The molecule has 0 radical (unpaired) electrons. The normalized spacial score (nSPS) is 12.3. The van der Waals surface area contributed by atoms with Crippen molar-refractivity contribution in [3.63, 3.8) is 0 Å². The van der Waals surface area contributed by atoms with Crippen molar-refractivity contribution in [3.8, 4) is 28.3 Å². The van der Waals surface area contributed by atoms with Crippen LogP contribution in [0.5, 0.6) is 11.5 Å². The van der Waals surface area contributed by atoms with E-state index in [9.17, 15) is 0 Å². The van der Waals surface area contributed by atoms with Gasteiger partial charge in [0.25, 0.3) is 0 Å². The van der Waals surface area contributed by atoms with Crippen LogP contribution in [0.25, 0.3) is 79.0 Å². The third kappa shape index (κ3) is 4.26. The van der Waals surface area contributed by atoms with Crippen molar-refractivity contribution in [3.05, 3.63) is 170 Å². The molecule has 0 bridgehead atoms. The summed E-state index contributed by atoms with van der Waals surface area (Å²) in [6.07, 6.45) is 0. The summed E-state index contributed by atoms with van der Waals surface area (Å²) in [5, 5.41) is 7.65. The maximum Gasteiger partial charge on any atom is 0.160 e. The Balaban J connectivity index is 1.03. The second-order valence-electron chi connectivity index (χ2n) is 13.7. The first-order valence-electron chi connectivity index (χ1n) is 17.8. The van der Waals surface area contributed by atoms with Gasteiger partial charge >= 0.3 is 0 Å². The topological polar surface area (TPSA) is 17.4 Å². The molecule has 0 unspecified atom stereocenters. The fourth-order valence-corrected chi connectivity index (χ4v) is 10.7. The average Bonchev–Trinajstić information content (AvgIpc) is 3.88. The number of fused-ring (bicyclic) bond motifs is 11. The van der Waals surface area contributed by atoms with Crippen LogP contribution in [0.3, 0.4) is 0 Å². The van der Waals surface area contributed by atoms with Crippen LogP contribution >= 0.6 is 22.7 Å². The summed E-state index contributed by atoms with van der Waals surface area (Å²) < 4.78 is 14.3. The summed E-state index contributed by atoms with van der Waals surface area (Å²) in [5.74, 6) is 1.76. The van der Waals surface area contributed by atoms with Crippen molar-refractivity contribution in [2.24, 2.45) is 0 Å². The lowest BCUT2D eigenvalue weighted by Crippen LogP contribution is -2.09. The molecule has 3 nitrogen and oxygen atoms in total. The third-order valence-corrected chi connectivity index (χ3v) is 13.1. The zero-order valence-corrected chi connectivity index (χ0v) is 29.9. The van der Waals surface area contributed by atoms with Crippen molar-refractivity contribution in [2.75, 3.05) is 4.90 Å². The molecular formula is C48H28N2OS2. The number of para-hydroxylation sites is 3. The van der Waals surface area contributed by atoms with E-state index in [-0.39, 0.29) is 0 Å². The zero-order valence-electron chi connectivity index (χ0n) is 28.3. The first-order chi connectivity index (χ1) is 26.3. The van der Waals surface area contributed by atoms with Crippen LogP contribution in [0.4, 0.5) is 17.1 Å². The van der Waals surface area contributed by atoms with Gasteiger partial charge < -0.3 is 14.2 Å². The third-order valence-electron chi connectivity index (χ3n) is 10.8. The highest BCUT2D eigenvalue weighted by Gasteiger charge is 2.26. The first-order valence-corrected chi connectivity index (χ1v) is 19.5. The number of rotatable bonds is 4. The highest BCUT2D eigenvalue weighted by Crippen LogP contribution is 2.50. The Bertz CT molecular complexity index is 3160. The minimum absolute atomic E-state index is 0.867. The molecule has 0 saturated carbocycles. The molecule has 53 heavy (non-hydrogen) atoms. The van der Waals surface area contributed by atoms with Crippen LogP contribution in [-0.4, -0.2) is 4.57 Å². The standard InChI is InChI=1S/C48H28N2OS2/c1-4-12-40-34(9-1)39-26-25-33(48-47(39)50(40)41-13-5-6-14-42(41)51-48)29-17-19-30(20-18-29)49(31-21-23-37-35-10-2-7-15-43(35)52-45(37)27-31)32-22-24-38-36-11-3-8-16-44(36)53-46(38)28-32/h1-28H. The summed E-state index contributed by atoms with van der Waals surface area (Å²) in [6, 6.07) is 61.7. The Kier molecular flexibility index (Phi) is 6.09. The maximum absolute atomic E-state index is 6.78. The van der Waals surface area contributed by atoms with Crippen LogP contribution < -0.4 is 9.64 Å². The molecule has 12 rings (SSSR count). The van der Waals surface area contributed by atoms with Gasteiger partial charge in [-0.3, -0.25) is 0 Å². The molecule has 0 saturated heterocycles. The summed E-state index contributed by atoms with van der Waals surface area (Å²) in [4.78, 5) is 2.40. The lowest BCUT2D eigenvalue weighted by Gasteiger charge is -2.26. The Morgan fingerprint density at radius 3 is 1.68 bits per heavy atom. The van der Waals surface area contributed by atoms with E-state index in [1.807, 2.05) is 28.7 Å². The van der Waals surface area contributed by atoms with Crippen molar-refractivity contribution in [2.45, 2.75) is 0 Å². The summed E-state index contributed by atoms with van der Waals surface area (Å²) in [7, 11) is 0. The summed E-state index contributed by atoms with van der Waals surface area (Å²) in [5.41, 5.74) is 8.94. The predicted molar refractivity (Wildman–Crippen MR) is 227 cm³/mol. The van der Waals surface area contributed by atoms with Crippen LogP contribution in [0.15, 0.2) is 170 Å². The van der Waals surface area contributed by atoms with Crippen LogP contribution in [0, 0.1) is 0 Å². The summed E-state index contributed by atoms with van der Waals surface area (Å²) >= 11 is 3.71. The largest absolute Gasteiger partial charge is 0.452 e. The number of thiophene rings is 2. The molecule has 0 amide bonds. The van der Waals surface area contributed by atoms with Crippen molar-refractivity contribution < 1.29 is 4.74 Å². The number of ether oxygens (including phenoxy) is 1. The molecule has 1 aliphatic rings. The number of anilines is 3. The Morgan fingerprint density at radius 1 is 0.434 bits per heavy atom. The molecule has 0 N–H and O–H groups in total. The van der Waals surface area contributed by atoms with E-state index in [1.54, 1.807) is 0 Å². The minimum Gasteiger partial charge on any atom is -0.452 e. The number of hydrogen-bond donors (Lipinski definition) is 0. The highest BCUT2D eigenvalue weighted by atomic mass is 32.1. The predicted octanol–water partition coefficient (Wildman–Crippen LogP) is 14.8. The van der Waals surface area contributed by atoms with Gasteiger partial charge in [-0.2, -0.15) is 0 Å². The number of hydrogen-bond acceptors (Lipinski definition) is 4. The van der Waals surface area contributed by atoms with E-state index in [2.05, 4.69) is 173 Å². The fraction of sp³-hybridized carbons (Fsp3) is 0. The molecule has 0 atom stereocenters. The van der Waals surface area contributed by atoms with Crippen molar-refractivity contribution >= 4 is 102 Å². The molecule has 4 heterocycles. The van der Waals surface area contributed by atoms with E-state index in [0.29, 0.717) is 0 Å². The van der Waals surface area contributed by atoms with Gasteiger partial charge in [0.1, 0.15) is 0 Å². The quantitative estimate of drug-likeness (QED) is 0.181. The van der Waals surface area contributed by atoms with Gasteiger partial charge in [0.2, 0.25) is 0 Å². The highest BCUT2D eigenvalue weighted by molar-refractivity contribution is 7.26. The second-order valence-corrected chi connectivity index (χ2v) is 15.9. The van der Waals surface area contributed by atoms with Gasteiger partial charge in [-0.25, -0.2) is 0 Å². The SMILES string of the molecule is c1ccc2c(c1)Oc1c(-c3ccc(N(c4ccc5c(c4)sc4ccccc45)c4ccc5c(c4)sc4ccccc45)cc3)ccc3c4ccccc4n-2c13. The monoisotopic (exact) mass is 712 g/mol. The molecule has 0 aliphatic carbocycles. The molecule has 0 spiro atoms. The van der Waals surface area contributed by atoms with Crippen LogP contribution in [0.1, 0.15) is 0 Å². The van der Waals surface area contributed by atoms with Crippen LogP contribution in [0.2, 0.25) is 0 Å². The molecular weight excluding hydrogens is 685 g/mol. The smallest absolute Gasteiger partial charge is 0.160 e. The molecule has 248 valence electrons. The lowest BCUT2D eigenvalue weighted by molar-refractivity contribution is 0.478. The van der Waals surface area contributed by atoms with Gasteiger partial charge in [0.05, 0.1) is 16.7 Å². The summed E-state index contributed by atoms with van der Waals surface area (Å²) in [6.45, 7) is 0. The van der Waals surface area contributed by atoms with Gasteiger partial charge in [-0.1, -0.05) is 97.1 Å². The van der Waals surface area contributed by atoms with E-state index in [1.165, 1.54) is 56.6 Å². The van der Waals surface area contributed by atoms with Crippen molar-refractivity contribution in [1.82, 2.24) is 4.57 Å². The number of nitrogens with zero attached hydrogens (tertiary/aromatic N) is 2. The number of aromatic nitrogens is 1. The number of benzene rings is 8. The fourth-order valence-electron chi connectivity index (χ4n) is 8.39. The van der Waals surface area contributed by atoms with E-state index >= 15 is 0 Å². The maximum atomic E-state index is 6.78. The minimum atomic E-state index is 0.867. The van der Waals surface area contributed by atoms with Gasteiger partial charge in [-0.15, -0.1) is 22.7 Å². The second kappa shape index (κ2) is 11.1.